The number of carbonyl (C=O) groups excluding carboxylic acids is 1. The molecular weight excluding hydrogens is 390 g/mol. The van der Waals surface area contributed by atoms with Crippen LogP contribution >= 0.6 is 15.9 Å². The summed E-state index contributed by atoms with van der Waals surface area (Å²) in [5.74, 6) is 0.546. The lowest BCUT2D eigenvalue weighted by molar-refractivity contribution is 0.0993. The first-order valence-corrected chi connectivity index (χ1v) is 9.09. The highest BCUT2D eigenvalue weighted by atomic mass is 79.9. The number of nitrogens with zero attached hydrogens (tertiary/aromatic N) is 1. The van der Waals surface area contributed by atoms with Gasteiger partial charge < -0.3 is 4.74 Å². The van der Waals surface area contributed by atoms with E-state index in [2.05, 4.69) is 20.9 Å². The van der Waals surface area contributed by atoms with Crippen LogP contribution in [0.3, 0.4) is 0 Å². The fourth-order valence-corrected chi connectivity index (χ4v) is 3.59. The van der Waals surface area contributed by atoms with Gasteiger partial charge in [0.15, 0.2) is 5.78 Å². The number of halogens is 1. The summed E-state index contributed by atoms with van der Waals surface area (Å²) < 4.78 is 6.41. The predicted molar refractivity (Wildman–Crippen MR) is 108 cm³/mol. The number of fused-ring (bicyclic) bond motifs is 2. The van der Waals surface area contributed by atoms with Gasteiger partial charge in [0.1, 0.15) is 0 Å². The highest BCUT2D eigenvalue weighted by Gasteiger charge is 2.15. The van der Waals surface area contributed by atoms with Crippen LogP contribution in [0, 0.1) is 0 Å². The number of ketones is 1. The standard InChI is InChI=1S/C22H16BrNO2/c1-26-22-16(11-15-12-17(23)9-10-20(15)24-22)13-21(25)19-8-4-6-14-5-2-3-7-18(14)19/h2-12H,13H2,1H3. The van der Waals surface area contributed by atoms with Crippen LogP contribution in [0.1, 0.15) is 15.9 Å². The van der Waals surface area contributed by atoms with Gasteiger partial charge >= 0.3 is 0 Å². The van der Waals surface area contributed by atoms with E-state index >= 15 is 0 Å². The number of hydrogen-bond acceptors (Lipinski definition) is 3. The second-order valence-corrected chi connectivity index (χ2v) is 7.04. The van der Waals surface area contributed by atoms with Crippen LogP contribution in [-0.2, 0) is 6.42 Å². The SMILES string of the molecule is COc1nc2ccc(Br)cc2cc1CC(=O)c1cccc2ccccc12. The van der Waals surface area contributed by atoms with Crippen molar-refractivity contribution in [3.63, 3.8) is 0 Å². The van der Waals surface area contributed by atoms with Crippen LogP contribution in [0.4, 0.5) is 0 Å². The Morgan fingerprint density at radius 2 is 1.81 bits per heavy atom. The quantitative estimate of drug-likeness (QED) is 0.415. The summed E-state index contributed by atoms with van der Waals surface area (Å²) in [6, 6.07) is 21.6. The van der Waals surface area contributed by atoms with Crippen LogP contribution in [0.2, 0.25) is 0 Å². The van der Waals surface area contributed by atoms with Gasteiger partial charge in [-0.05, 0) is 35.0 Å². The van der Waals surface area contributed by atoms with Gasteiger partial charge in [0.2, 0.25) is 5.88 Å². The first kappa shape index (κ1) is 16.7. The third kappa shape index (κ3) is 3.08. The average Bonchev–Trinajstić information content (AvgIpc) is 2.66. The number of benzene rings is 3. The molecule has 0 spiro atoms. The maximum Gasteiger partial charge on any atom is 0.217 e. The molecule has 0 fully saturated rings. The second-order valence-electron chi connectivity index (χ2n) is 6.12. The van der Waals surface area contributed by atoms with Crippen molar-refractivity contribution in [2.45, 2.75) is 6.42 Å². The van der Waals surface area contributed by atoms with E-state index in [1.54, 1.807) is 7.11 Å². The topological polar surface area (TPSA) is 39.2 Å². The van der Waals surface area contributed by atoms with Gasteiger partial charge in [-0.2, -0.15) is 0 Å². The summed E-state index contributed by atoms with van der Waals surface area (Å²) in [4.78, 5) is 17.6. The monoisotopic (exact) mass is 405 g/mol. The molecule has 0 saturated carbocycles. The predicted octanol–water partition coefficient (Wildman–Crippen LogP) is 5.58. The van der Waals surface area contributed by atoms with Gasteiger partial charge in [0, 0.05) is 27.4 Å². The van der Waals surface area contributed by atoms with E-state index in [1.165, 1.54) is 0 Å². The van der Waals surface area contributed by atoms with Gasteiger partial charge in [0.05, 0.1) is 12.6 Å². The van der Waals surface area contributed by atoms with Crippen molar-refractivity contribution in [2.75, 3.05) is 7.11 Å². The second kappa shape index (κ2) is 6.89. The minimum Gasteiger partial charge on any atom is -0.481 e. The zero-order valence-electron chi connectivity index (χ0n) is 14.2. The van der Waals surface area contributed by atoms with Crippen molar-refractivity contribution in [3.8, 4) is 5.88 Å². The molecule has 0 N–H and O–H groups in total. The minimum absolute atomic E-state index is 0.0521. The third-order valence-corrected chi connectivity index (χ3v) is 4.94. The number of carbonyl (C=O) groups is 1. The van der Waals surface area contributed by atoms with Crippen molar-refractivity contribution in [1.82, 2.24) is 4.98 Å². The van der Waals surface area contributed by atoms with E-state index in [9.17, 15) is 4.79 Å². The highest BCUT2D eigenvalue weighted by Crippen LogP contribution is 2.27. The number of hydrogen-bond donors (Lipinski definition) is 0. The average molecular weight is 406 g/mol. The molecule has 0 saturated heterocycles. The van der Waals surface area contributed by atoms with Crippen LogP contribution in [0.5, 0.6) is 5.88 Å². The minimum atomic E-state index is 0.0521. The van der Waals surface area contributed by atoms with E-state index in [1.807, 2.05) is 66.7 Å². The van der Waals surface area contributed by atoms with Crippen molar-refractivity contribution >= 4 is 43.4 Å². The van der Waals surface area contributed by atoms with Gasteiger partial charge in [-0.1, -0.05) is 58.4 Å². The fourth-order valence-electron chi connectivity index (χ4n) is 3.21. The number of methoxy groups -OCH3 is 1. The Morgan fingerprint density at radius 3 is 2.65 bits per heavy atom. The molecule has 0 bridgehead atoms. The molecule has 0 aliphatic rings. The molecule has 4 aromatic rings. The molecule has 0 aliphatic heterocycles. The molecule has 0 aliphatic carbocycles. The summed E-state index contributed by atoms with van der Waals surface area (Å²) in [7, 11) is 1.58. The van der Waals surface area contributed by atoms with Crippen LogP contribution in [0.25, 0.3) is 21.7 Å². The molecule has 4 rings (SSSR count). The Bertz CT molecular complexity index is 1130. The summed E-state index contributed by atoms with van der Waals surface area (Å²) in [6.45, 7) is 0. The third-order valence-electron chi connectivity index (χ3n) is 4.45. The molecule has 0 amide bonds. The first-order valence-electron chi connectivity index (χ1n) is 8.30. The number of pyridine rings is 1. The molecule has 1 aromatic heterocycles. The molecule has 4 heteroatoms. The molecule has 3 nitrogen and oxygen atoms in total. The smallest absolute Gasteiger partial charge is 0.217 e. The van der Waals surface area contributed by atoms with E-state index < -0.39 is 0 Å². The molecule has 26 heavy (non-hydrogen) atoms. The first-order chi connectivity index (χ1) is 12.7. The number of aromatic nitrogens is 1. The molecule has 128 valence electrons. The number of Topliss-reactive ketones (excluding diaryl/α,β-unsaturated/α-hetero) is 1. The van der Waals surface area contributed by atoms with Crippen LogP contribution in [-0.4, -0.2) is 17.9 Å². The van der Waals surface area contributed by atoms with Gasteiger partial charge in [-0.3, -0.25) is 4.79 Å². The van der Waals surface area contributed by atoms with Gasteiger partial charge in [-0.15, -0.1) is 0 Å². The lowest BCUT2D eigenvalue weighted by Crippen LogP contribution is -2.07. The van der Waals surface area contributed by atoms with Crippen LogP contribution < -0.4 is 4.74 Å². The van der Waals surface area contributed by atoms with Crippen molar-refractivity contribution in [3.05, 3.63) is 82.3 Å². The van der Waals surface area contributed by atoms with Gasteiger partial charge in [-0.25, -0.2) is 4.98 Å². The molecule has 0 radical (unpaired) electrons. The van der Waals surface area contributed by atoms with Crippen molar-refractivity contribution in [2.24, 2.45) is 0 Å². The van der Waals surface area contributed by atoms with E-state index in [4.69, 9.17) is 4.74 Å². The zero-order chi connectivity index (χ0) is 18.1. The van der Waals surface area contributed by atoms with Gasteiger partial charge in [0.25, 0.3) is 0 Å². The highest BCUT2D eigenvalue weighted by molar-refractivity contribution is 9.10. The lowest BCUT2D eigenvalue weighted by Gasteiger charge is -2.10. The maximum atomic E-state index is 13.0. The van der Waals surface area contributed by atoms with Crippen molar-refractivity contribution in [1.29, 1.82) is 0 Å². The van der Waals surface area contributed by atoms with E-state index in [0.29, 0.717) is 5.88 Å². The Kier molecular flexibility index (Phi) is 4.43. The molecule has 0 atom stereocenters. The summed E-state index contributed by atoms with van der Waals surface area (Å²) >= 11 is 3.48. The number of rotatable bonds is 4. The number of ether oxygens (including phenoxy) is 1. The zero-order valence-corrected chi connectivity index (χ0v) is 15.8. The summed E-state index contributed by atoms with van der Waals surface area (Å²) in [5, 5.41) is 3.00. The summed E-state index contributed by atoms with van der Waals surface area (Å²) in [6.07, 6.45) is 0.243. The van der Waals surface area contributed by atoms with Crippen LogP contribution in [0.15, 0.2) is 71.2 Å². The molecule has 1 heterocycles. The Hall–Kier alpha value is -2.72. The lowest BCUT2D eigenvalue weighted by atomic mass is 9.97. The van der Waals surface area contributed by atoms with Crippen molar-refractivity contribution < 1.29 is 9.53 Å². The largest absolute Gasteiger partial charge is 0.481 e. The maximum absolute atomic E-state index is 13.0. The Labute approximate surface area is 159 Å². The molecule has 0 unspecified atom stereocenters. The Balaban J connectivity index is 1.77. The fraction of sp³-hybridized carbons (Fsp3) is 0.0909. The molecular formula is C22H16BrNO2. The Morgan fingerprint density at radius 1 is 1.00 bits per heavy atom. The summed E-state index contributed by atoms with van der Waals surface area (Å²) in [5.41, 5.74) is 2.35. The van der Waals surface area contributed by atoms with E-state index in [-0.39, 0.29) is 12.2 Å². The van der Waals surface area contributed by atoms with E-state index in [0.717, 1.165) is 37.3 Å². The normalized spacial score (nSPS) is 11.0. The molecule has 3 aromatic carbocycles.